The fourth-order valence-corrected chi connectivity index (χ4v) is 2.37. The molecule has 0 spiro atoms. The number of ketones is 1. The summed E-state index contributed by atoms with van der Waals surface area (Å²) in [5.74, 6) is 2.52. The van der Waals surface area contributed by atoms with Gasteiger partial charge >= 0.3 is 0 Å². The van der Waals surface area contributed by atoms with E-state index in [2.05, 4.69) is 41.5 Å². The van der Waals surface area contributed by atoms with E-state index in [1.807, 2.05) is 11.8 Å². The number of carbonyl (C=O) groups is 1. The Morgan fingerprint density at radius 1 is 1.00 bits per heavy atom. The molecule has 15 heavy (non-hydrogen) atoms. The van der Waals surface area contributed by atoms with Crippen LogP contribution in [0.2, 0.25) is 0 Å². The molecule has 0 N–H and O–H groups in total. The highest BCUT2D eigenvalue weighted by Gasteiger charge is 2.16. The molecule has 0 aliphatic heterocycles. The quantitative estimate of drug-likeness (QED) is 0.660. The standard InChI is InChI=1S/C13H26OS/c1-12(2,3)9-11(14)7-8-15-10-13(4,5)6/h7-10H2,1-6H3. The molecule has 0 radical (unpaired) electrons. The summed E-state index contributed by atoms with van der Waals surface area (Å²) >= 11 is 1.89. The number of rotatable bonds is 5. The molecule has 0 aromatic heterocycles. The Hall–Kier alpha value is 0.0200. The van der Waals surface area contributed by atoms with Gasteiger partial charge in [-0.3, -0.25) is 4.79 Å². The molecule has 0 heterocycles. The summed E-state index contributed by atoms with van der Waals surface area (Å²) in [5.41, 5.74) is 0.517. The normalized spacial score (nSPS) is 12.9. The molecule has 90 valence electrons. The second-order valence-electron chi connectivity index (χ2n) is 6.64. The van der Waals surface area contributed by atoms with Gasteiger partial charge in [0.15, 0.2) is 0 Å². The van der Waals surface area contributed by atoms with Crippen molar-refractivity contribution in [1.29, 1.82) is 0 Å². The Balaban J connectivity index is 3.57. The maximum atomic E-state index is 11.6. The highest BCUT2D eigenvalue weighted by Crippen LogP contribution is 2.23. The van der Waals surface area contributed by atoms with Gasteiger partial charge < -0.3 is 0 Å². The van der Waals surface area contributed by atoms with Gasteiger partial charge in [0.1, 0.15) is 5.78 Å². The van der Waals surface area contributed by atoms with Crippen molar-refractivity contribution in [3.05, 3.63) is 0 Å². The van der Waals surface area contributed by atoms with Crippen molar-refractivity contribution in [2.24, 2.45) is 10.8 Å². The molecular weight excluding hydrogens is 204 g/mol. The number of hydrogen-bond donors (Lipinski definition) is 0. The molecule has 2 heteroatoms. The monoisotopic (exact) mass is 230 g/mol. The van der Waals surface area contributed by atoms with Crippen LogP contribution in [0.3, 0.4) is 0 Å². The van der Waals surface area contributed by atoms with Crippen LogP contribution in [0.4, 0.5) is 0 Å². The van der Waals surface area contributed by atoms with Crippen LogP contribution >= 0.6 is 11.8 Å². The first-order valence-corrected chi connectivity index (χ1v) is 6.85. The lowest BCUT2D eigenvalue weighted by atomic mass is 9.89. The second kappa shape index (κ2) is 5.93. The maximum absolute atomic E-state index is 11.6. The first-order chi connectivity index (χ1) is 6.60. The second-order valence-corrected chi connectivity index (χ2v) is 7.74. The summed E-state index contributed by atoms with van der Waals surface area (Å²) in [6.07, 6.45) is 1.45. The molecule has 0 aliphatic rings. The molecule has 0 atom stereocenters. The lowest BCUT2D eigenvalue weighted by molar-refractivity contribution is -0.120. The van der Waals surface area contributed by atoms with Gasteiger partial charge in [0.25, 0.3) is 0 Å². The summed E-state index contributed by atoms with van der Waals surface area (Å²) < 4.78 is 0. The zero-order chi connectivity index (χ0) is 12.1. The van der Waals surface area contributed by atoms with Crippen LogP contribution in [0.15, 0.2) is 0 Å². The Bertz CT molecular complexity index is 196. The van der Waals surface area contributed by atoms with Crippen LogP contribution in [0.5, 0.6) is 0 Å². The van der Waals surface area contributed by atoms with Crippen LogP contribution in [0.1, 0.15) is 54.4 Å². The van der Waals surface area contributed by atoms with E-state index in [0.29, 0.717) is 17.6 Å². The zero-order valence-corrected chi connectivity index (χ0v) is 12.0. The predicted octanol–water partition coefficient (Wildman–Crippen LogP) is 4.16. The van der Waals surface area contributed by atoms with Gasteiger partial charge in [-0.05, 0) is 16.6 Å². The fraction of sp³-hybridized carbons (Fsp3) is 0.923. The molecule has 0 rings (SSSR count). The molecule has 1 nitrogen and oxygen atoms in total. The lowest BCUT2D eigenvalue weighted by Crippen LogP contribution is -2.14. The van der Waals surface area contributed by atoms with E-state index in [4.69, 9.17) is 0 Å². The fourth-order valence-electron chi connectivity index (χ4n) is 1.24. The number of Topliss-reactive ketones (excluding diaryl/α,β-unsaturated/α-hetero) is 1. The Labute approximate surface area is 99.4 Å². The Kier molecular flexibility index (Phi) is 5.94. The summed E-state index contributed by atoms with van der Waals surface area (Å²) in [6, 6.07) is 0. The third-order valence-corrected chi connectivity index (χ3v) is 3.35. The van der Waals surface area contributed by atoms with Crippen molar-refractivity contribution >= 4 is 17.5 Å². The van der Waals surface area contributed by atoms with Crippen LogP contribution in [-0.4, -0.2) is 17.3 Å². The van der Waals surface area contributed by atoms with Gasteiger partial charge in [0.05, 0.1) is 0 Å². The van der Waals surface area contributed by atoms with Crippen molar-refractivity contribution in [1.82, 2.24) is 0 Å². The van der Waals surface area contributed by atoms with E-state index >= 15 is 0 Å². The summed E-state index contributed by atoms with van der Waals surface area (Å²) in [4.78, 5) is 11.6. The lowest BCUT2D eigenvalue weighted by Gasteiger charge is -2.18. The number of hydrogen-bond acceptors (Lipinski definition) is 2. The minimum atomic E-state index is 0.145. The van der Waals surface area contributed by atoms with Crippen molar-refractivity contribution in [3.63, 3.8) is 0 Å². The molecule has 0 aliphatic carbocycles. The average Bonchev–Trinajstić information content (AvgIpc) is 1.92. The first kappa shape index (κ1) is 15.0. The molecule has 0 saturated heterocycles. The van der Waals surface area contributed by atoms with Crippen LogP contribution in [0.25, 0.3) is 0 Å². The van der Waals surface area contributed by atoms with E-state index in [1.54, 1.807) is 0 Å². The molecule has 0 aromatic rings. The molecule has 0 saturated carbocycles. The summed E-state index contributed by atoms with van der Waals surface area (Å²) in [5, 5.41) is 0. The van der Waals surface area contributed by atoms with Gasteiger partial charge in [-0.2, -0.15) is 11.8 Å². The minimum Gasteiger partial charge on any atom is -0.300 e. The average molecular weight is 230 g/mol. The molecule has 0 unspecified atom stereocenters. The van der Waals surface area contributed by atoms with Gasteiger partial charge in [-0.15, -0.1) is 0 Å². The Morgan fingerprint density at radius 2 is 1.53 bits per heavy atom. The molecular formula is C13H26OS. The van der Waals surface area contributed by atoms with Crippen molar-refractivity contribution in [2.45, 2.75) is 54.4 Å². The zero-order valence-electron chi connectivity index (χ0n) is 11.1. The van der Waals surface area contributed by atoms with Crippen LogP contribution in [-0.2, 0) is 4.79 Å². The molecule has 0 fully saturated rings. The number of thioether (sulfide) groups is 1. The van der Waals surface area contributed by atoms with Gasteiger partial charge in [-0.1, -0.05) is 41.5 Å². The highest BCUT2D eigenvalue weighted by atomic mass is 32.2. The van der Waals surface area contributed by atoms with Gasteiger partial charge in [0.2, 0.25) is 0 Å². The van der Waals surface area contributed by atoms with E-state index in [9.17, 15) is 4.79 Å². The Morgan fingerprint density at radius 3 is 1.93 bits per heavy atom. The molecule has 0 bridgehead atoms. The van der Waals surface area contributed by atoms with Crippen molar-refractivity contribution in [3.8, 4) is 0 Å². The predicted molar refractivity (Wildman–Crippen MR) is 70.5 cm³/mol. The third kappa shape index (κ3) is 11.9. The topological polar surface area (TPSA) is 17.1 Å². The van der Waals surface area contributed by atoms with E-state index in [1.165, 1.54) is 0 Å². The molecule has 0 aromatic carbocycles. The number of carbonyl (C=O) groups excluding carboxylic acids is 1. The smallest absolute Gasteiger partial charge is 0.134 e. The van der Waals surface area contributed by atoms with Crippen LogP contribution in [0, 0.1) is 10.8 Å². The SMILES string of the molecule is CC(C)(C)CSCCC(=O)CC(C)(C)C. The van der Waals surface area contributed by atoms with Crippen LogP contribution < -0.4 is 0 Å². The maximum Gasteiger partial charge on any atom is 0.134 e. The van der Waals surface area contributed by atoms with Crippen molar-refractivity contribution < 1.29 is 4.79 Å². The summed E-state index contributed by atoms with van der Waals surface area (Å²) in [7, 11) is 0. The molecule has 0 amide bonds. The van der Waals surface area contributed by atoms with Gasteiger partial charge in [-0.25, -0.2) is 0 Å². The van der Waals surface area contributed by atoms with E-state index in [0.717, 1.165) is 17.9 Å². The van der Waals surface area contributed by atoms with E-state index < -0.39 is 0 Å². The van der Waals surface area contributed by atoms with E-state index in [-0.39, 0.29) is 5.41 Å². The minimum absolute atomic E-state index is 0.145. The largest absolute Gasteiger partial charge is 0.300 e. The van der Waals surface area contributed by atoms with Crippen molar-refractivity contribution in [2.75, 3.05) is 11.5 Å². The third-order valence-electron chi connectivity index (χ3n) is 1.79. The summed E-state index contributed by atoms with van der Waals surface area (Å²) in [6.45, 7) is 13.1. The first-order valence-electron chi connectivity index (χ1n) is 5.70. The highest BCUT2D eigenvalue weighted by molar-refractivity contribution is 7.99. The van der Waals surface area contributed by atoms with Gasteiger partial charge in [0, 0.05) is 18.6 Å².